The lowest BCUT2D eigenvalue weighted by Gasteiger charge is -2.42. The number of esters is 1. The van der Waals surface area contributed by atoms with Gasteiger partial charge >= 0.3 is 5.97 Å². The van der Waals surface area contributed by atoms with E-state index in [2.05, 4.69) is 126 Å². The van der Waals surface area contributed by atoms with Gasteiger partial charge in [-0.05, 0) is 98.1 Å². The number of carbonyl (C=O) groups is 1. The molecule has 2 aromatic carbocycles. The number of fused-ring (bicyclic) bond motifs is 3. The molecule has 44 heavy (non-hydrogen) atoms. The molecule has 5 aliphatic rings. The van der Waals surface area contributed by atoms with Gasteiger partial charge in [0.15, 0.2) is 0 Å². The lowest BCUT2D eigenvalue weighted by atomic mass is 9.61. The van der Waals surface area contributed by atoms with Gasteiger partial charge in [0.2, 0.25) is 0 Å². The minimum absolute atomic E-state index is 0.103. The number of benzene rings is 2. The van der Waals surface area contributed by atoms with E-state index in [0.717, 1.165) is 12.8 Å². The van der Waals surface area contributed by atoms with Crippen LogP contribution in [0.5, 0.6) is 0 Å². The number of carbonyl (C=O) groups excluding carboxylic acids is 1. The molecular formula is C42H42O2. The first-order chi connectivity index (χ1) is 20.9. The standard InChI is InChI=1S/C42H42O2/c1-25(2)40(43)44-20-8-9-26-10-16-33-34-18-14-28(24-37(34)42(6,7)36(33)21-26)32-17-13-27-11-12-29-22-31(41(3,4)5)23-30-15-19-35(32)39(27)38(29)30/h10-19,21-24,38-39H,1,8-9,20H2,2-7H3. The molecule has 0 N–H and O–H groups in total. The molecule has 2 unspecified atom stereocenters. The molecule has 0 aliphatic heterocycles. The highest BCUT2D eigenvalue weighted by Crippen LogP contribution is 2.55. The van der Waals surface area contributed by atoms with Gasteiger partial charge in [0.1, 0.15) is 0 Å². The van der Waals surface area contributed by atoms with Crippen molar-refractivity contribution in [1.82, 2.24) is 0 Å². The van der Waals surface area contributed by atoms with Crippen molar-refractivity contribution in [2.75, 3.05) is 6.61 Å². The molecule has 0 amide bonds. The molecule has 2 heteroatoms. The first-order valence-corrected chi connectivity index (χ1v) is 16.0. The molecule has 0 saturated carbocycles. The van der Waals surface area contributed by atoms with E-state index < -0.39 is 0 Å². The van der Waals surface area contributed by atoms with Crippen molar-refractivity contribution in [1.29, 1.82) is 0 Å². The van der Waals surface area contributed by atoms with Crippen LogP contribution in [-0.4, -0.2) is 12.6 Å². The van der Waals surface area contributed by atoms with Crippen molar-refractivity contribution in [2.24, 2.45) is 17.3 Å². The lowest BCUT2D eigenvalue weighted by molar-refractivity contribution is -0.139. The maximum Gasteiger partial charge on any atom is 0.333 e. The average molecular weight is 579 g/mol. The highest BCUT2D eigenvalue weighted by atomic mass is 16.5. The quantitative estimate of drug-likeness (QED) is 0.194. The Labute approximate surface area is 262 Å². The second kappa shape index (κ2) is 10.2. The summed E-state index contributed by atoms with van der Waals surface area (Å²) in [6, 6.07) is 14.0. The Balaban J connectivity index is 1.19. The second-order valence-corrected chi connectivity index (χ2v) is 14.6. The topological polar surface area (TPSA) is 26.3 Å². The van der Waals surface area contributed by atoms with E-state index in [1.54, 1.807) is 6.92 Å². The zero-order chi connectivity index (χ0) is 31.0. The zero-order valence-corrected chi connectivity index (χ0v) is 26.9. The number of hydrogen-bond acceptors (Lipinski definition) is 2. The maximum atomic E-state index is 11.7. The average Bonchev–Trinajstić information content (AvgIpc) is 3.22. The fourth-order valence-electron chi connectivity index (χ4n) is 7.66. The Morgan fingerprint density at radius 3 is 2.32 bits per heavy atom. The van der Waals surface area contributed by atoms with Crippen LogP contribution in [0, 0.1) is 17.3 Å². The van der Waals surface area contributed by atoms with Crippen LogP contribution < -0.4 is 0 Å². The molecule has 2 aromatic rings. The highest BCUT2D eigenvalue weighted by Gasteiger charge is 2.41. The van der Waals surface area contributed by atoms with Gasteiger partial charge in [-0.25, -0.2) is 4.79 Å². The van der Waals surface area contributed by atoms with E-state index >= 15 is 0 Å². The summed E-state index contributed by atoms with van der Waals surface area (Å²) < 4.78 is 5.32. The number of rotatable bonds is 6. The third kappa shape index (κ3) is 4.58. The van der Waals surface area contributed by atoms with Gasteiger partial charge in [0.05, 0.1) is 6.61 Å². The number of hydrogen-bond donors (Lipinski definition) is 0. The largest absolute Gasteiger partial charge is 0.462 e. The van der Waals surface area contributed by atoms with Crippen molar-refractivity contribution < 1.29 is 9.53 Å². The van der Waals surface area contributed by atoms with Crippen LogP contribution in [0.25, 0.3) is 16.7 Å². The zero-order valence-electron chi connectivity index (χ0n) is 26.9. The van der Waals surface area contributed by atoms with Crippen LogP contribution >= 0.6 is 0 Å². The summed E-state index contributed by atoms with van der Waals surface area (Å²) in [6.07, 6.45) is 20.7. The van der Waals surface area contributed by atoms with Crippen LogP contribution in [0.1, 0.15) is 70.2 Å². The Morgan fingerprint density at radius 2 is 1.57 bits per heavy atom. The Bertz CT molecular complexity index is 1850. The van der Waals surface area contributed by atoms with Crippen LogP contribution in [0.4, 0.5) is 0 Å². The summed E-state index contributed by atoms with van der Waals surface area (Å²) in [5.74, 6) is 0.437. The van der Waals surface area contributed by atoms with Crippen LogP contribution in [0.2, 0.25) is 0 Å². The summed E-state index contributed by atoms with van der Waals surface area (Å²) in [4.78, 5) is 11.7. The highest BCUT2D eigenvalue weighted by molar-refractivity contribution is 5.89. The molecule has 0 radical (unpaired) electrons. The van der Waals surface area contributed by atoms with E-state index in [4.69, 9.17) is 4.74 Å². The van der Waals surface area contributed by atoms with Crippen molar-refractivity contribution in [3.63, 3.8) is 0 Å². The number of aryl methyl sites for hydroxylation is 1. The van der Waals surface area contributed by atoms with E-state index in [1.165, 1.54) is 66.8 Å². The molecule has 5 aliphatic carbocycles. The summed E-state index contributed by atoms with van der Waals surface area (Å²) in [6.45, 7) is 17.4. The molecule has 7 rings (SSSR count). The Morgan fingerprint density at radius 1 is 0.864 bits per heavy atom. The fourth-order valence-corrected chi connectivity index (χ4v) is 7.66. The molecule has 0 spiro atoms. The van der Waals surface area contributed by atoms with E-state index in [9.17, 15) is 4.79 Å². The molecular weight excluding hydrogens is 536 g/mol. The molecule has 0 saturated heterocycles. The smallest absolute Gasteiger partial charge is 0.333 e. The molecule has 0 heterocycles. The van der Waals surface area contributed by atoms with E-state index in [-0.39, 0.29) is 16.8 Å². The molecule has 0 bridgehead atoms. The van der Waals surface area contributed by atoms with Gasteiger partial charge in [-0.3, -0.25) is 0 Å². The van der Waals surface area contributed by atoms with Gasteiger partial charge in [0.25, 0.3) is 0 Å². The van der Waals surface area contributed by atoms with Gasteiger partial charge < -0.3 is 4.74 Å². The van der Waals surface area contributed by atoms with Gasteiger partial charge in [-0.1, -0.05) is 120 Å². The van der Waals surface area contributed by atoms with Crippen molar-refractivity contribution in [2.45, 2.75) is 59.8 Å². The van der Waals surface area contributed by atoms with Crippen molar-refractivity contribution >= 4 is 11.5 Å². The monoisotopic (exact) mass is 578 g/mol. The summed E-state index contributed by atoms with van der Waals surface area (Å²) in [5, 5.41) is 0. The summed E-state index contributed by atoms with van der Waals surface area (Å²) >= 11 is 0. The third-order valence-electron chi connectivity index (χ3n) is 10.2. The normalized spacial score (nSPS) is 21.9. The van der Waals surface area contributed by atoms with Crippen molar-refractivity contribution in [3.8, 4) is 11.1 Å². The molecule has 222 valence electrons. The van der Waals surface area contributed by atoms with E-state index in [0.29, 0.717) is 24.0 Å². The van der Waals surface area contributed by atoms with Crippen LogP contribution in [0.15, 0.2) is 125 Å². The van der Waals surface area contributed by atoms with Crippen molar-refractivity contribution in [3.05, 3.63) is 147 Å². The lowest BCUT2D eigenvalue weighted by Crippen LogP contribution is -2.30. The summed E-state index contributed by atoms with van der Waals surface area (Å²) in [5.41, 5.74) is 16.9. The van der Waals surface area contributed by atoms with E-state index in [1.807, 2.05) is 0 Å². The first-order valence-electron chi connectivity index (χ1n) is 16.0. The second-order valence-electron chi connectivity index (χ2n) is 14.6. The van der Waals surface area contributed by atoms with Crippen LogP contribution in [-0.2, 0) is 21.4 Å². The molecule has 2 atom stereocenters. The first kappa shape index (κ1) is 28.6. The number of ether oxygens (including phenoxy) is 1. The van der Waals surface area contributed by atoms with Crippen LogP contribution in [0.3, 0.4) is 0 Å². The molecule has 0 aromatic heterocycles. The number of allylic oxidation sites excluding steroid dienone is 14. The SMILES string of the molecule is C=C(C)C(=O)OCCCc1ccc2c(c1)C(C)(C)c1cc(C3=CC=C4C=CC5=CC(C(C)(C)C)=CC6=CC=C3C4C65)ccc1-2. The van der Waals surface area contributed by atoms with Gasteiger partial charge in [-0.15, -0.1) is 0 Å². The predicted molar refractivity (Wildman–Crippen MR) is 182 cm³/mol. The minimum atomic E-state index is -0.311. The molecule has 2 nitrogen and oxygen atoms in total. The molecule has 0 fully saturated rings. The van der Waals surface area contributed by atoms with Gasteiger partial charge in [-0.2, -0.15) is 0 Å². The fraction of sp³-hybridized carbons (Fsp3) is 0.310. The Kier molecular flexibility index (Phi) is 6.62. The van der Waals surface area contributed by atoms with Gasteiger partial charge in [0, 0.05) is 22.8 Å². The maximum absolute atomic E-state index is 11.7. The Hall–Kier alpha value is -4.17. The predicted octanol–water partition coefficient (Wildman–Crippen LogP) is 9.95. The summed E-state index contributed by atoms with van der Waals surface area (Å²) in [7, 11) is 0. The third-order valence-corrected chi connectivity index (χ3v) is 10.2. The minimum Gasteiger partial charge on any atom is -0.462 e.